The summed E-state index contributed by atoms with van der Waals surface area (Å²) in [7, 11) is 0. The summed E-state index contributed by atoms with van der Waals surface area (Å²) < 4.78 is 5.79. The van der Waals surface area contributed by atoms with E-state index in [-0.39, 0.29) is 5.57 Å². The second-order valence-corrected chi connectivity index (χ2v) is 5.43. The molecule has 0 aliphatic heterocycles. The summed E-state index contributed by atoms with van der Waals surface area (Å²) in [6.45, 7) is 2.37. The number of carbonyl (C=O) groups is 1. The zero-order valence-electron chi connectivity index (χ0n) is 12.5. The number of nitriles is 1. The molecule has 0 saturated heterocycles. The van der Waals surface area contributed by atoms with Gasteiger partial charge in [0.05, 0.1) is 0 Å². The average molecular weight is 327 g/mol. The summed E-state index contributed by atoms with van der Waals surface area (Å²) in [6.07, 6.45) is 1.37. The van der Waals surface area contributed by atoms with Gasteiger partial charge in [-0.2, -0.15) is 5.26 Å². The molecular weight excluding hydrogens is 312 g/mol. The molecule has 5 heteroatoms. The largest absolute Gasteiger partial charge is 0.488 e. The van der Waals surface area contributed by atoms with E-state index in [1.165, 1.54) is 6.08 Å². The second kappa shape index (κ2) is 7.48. The van der Waals surface area contributed by atoms with Gasteiger partial charge in [-0.05, 0) is 36.8 Å². The van der Waals surface area contributed by atoms with Gasteiger partial charge in [0.2, 0.25) is 0 Å². The number of primary amides is 1. The van der Waals surface area contributed by atoms with Crippen molar-refractivity contribution < 1.29 is 9.53 Å². The Bertz CT molecular complexity index is 807. The number of benzene rings is 2. The van der Waals surface area contributed by atoms with Crippen LogP contribution in [0.5, 0.6) is 5.75 Å². The lowest BCUT2D eigenvalue weighted by molar-refractivity contribution is -0.114. The first kappa shape index (κ1) is 16.6. The van der Waals surface area contributed by atoms with Crippen molar-refractivity contribution >= 4 is 23.6 Å². The molecule has 0 unspecified atom stereocenters. The molecule has 2 rings (SSSR count). The zero-order valence-corrected chi connectivity index (χ0v) is 13.3. The maximum Gasteiger partial charge on any atom is 0.259 e. The fourth-order valence-corrected chi connectivity index (χ4v) is 2.22. The molecule has 0 saturated carbocycles. The van der Waals surface area contributed by atoms with Crippen LogP contribution in [0, 0.1) is 18.3 Å². The maximum atomic E-state index is 11.2. The summed E-state index contributed by atoms with van der Waals surface area (Å²) >= 11 is 5.98. The highest BCUT2D eigenvalue weighted by molar-refractivity contribution is 6.30. The van der Waals surface area contributed by atoms with Crippen molar-refractivity contribution in [2.45, 2.75) is 13.5 Å². The topological polar surface area (TPSA) is 76.1 Å². The highest BCUT2D eigenvalue weighted by Gasteiger charge is 2.08. The molecular formula is C18H15ClN2O2. The number of hydrogen-bond acceptors (Lipinski definition) is 3. The Kier molecular flexibility index (Phi) is 5.40. The van der Waals surface area contributed by atoms with Gasteiger partial charge >= 0.3 is 0 Å². The highest BCUT2D eigenvalue weighted by Crippen LogP contribution is 2.26. The molecule has 0 heterocycles. The third-order valence-corrected chi connectivity index (χ3v) is 3.37. The van der Waals surface area contributed by atoms with Crippen LogP contribution in [-0.4, -0.2) is 5.91 Å². The van der Waals surface area contributed by atoms with Crippen LogP contribution in [0.1, 0.15) is 16.7 Å². The lowest BCUT2D eigenvalue weighted by Crippen LogP contribution is -2.12. The first-order valence-electron chi connectivity index (χ1n) is 6.89. The Hall–Kier alpha value is -2.77. The Labute approximate surface area is 139 Å². The molecule has 0 spiro atoms. The molecule has 0 aromatic heterocycles. The van der Waals surface area contributed by atoms with E-state index >= 15 is 0 Å². The Morgan fingerprint density at radius 2 is 2.13 bits per heavy atom. The monoisotopic (exact) mass is 326 g/mol. The SMILES string of the molecule is Cc1cccc(COc2ccc(Cl)cc2/C=C(\C#N)C(N)=O)c1. The minimum atomic E-state index is -0.794. The first-order chi connectivity index (χ1) is 11.0. The van der Waals surface area contributed by atoms with Gasteiger partial charge in [0.1, 0.15) is 24.0 Å². The Balaban J connectivity index is 2.29. The number of rotatable bonds is 5. The quantitative estimate of drug-likeness (QED) is 0.673. The third-order valence-electron chi connectivity index (χ3n) is 3.13. The van der Waals surface area contributed by atoms with Crippen LogP contribution in [0.3, 0.4) is 0 Å². The van der Waals surface area contributed by atoms with E-state index < -0.39 is 5.91 Å². The van der Waals surface area contributed by atoms with E-state index in [0.717, 1.165) is 11.1 Å². The molecule has 2 N–H and O–H groups in total. The number of ether oxygens (including phenoxy) is 1. The van der Waals surface area contributed by atoms with Crippen LogP contribution in [-0.2, 0) is 11.4 Å². The molecule has 0 atom stereocenters. The van der Waals surface area contributed by atoms with Crippen molar-refractivity contribution in [1.29, 1.82) is 5.26 Å². The van der Waals surface area contributed by atoms with Gasteiger partial charge in [0, 0.05) is 10.6 Å². The van der Waals surface area contributed by atoms with Gasteiger partial charge in [-0.25, -0.2) is 0 Å². The lowest BCUT2D eigenvalue weighted by atomic mass is 10.1. The van der Waals surface area contributed by atoms with E-state index in [0.29, 0.717) is 22.9 Å². The van der Waals surface area contributed by atoms with Gasteiger partial charge < -0.3 is 10.5 Å². The minimum Gasteiger partial charge on any atom is -0.488 e. The average Bonchev–Trinajstić information content (AvgIpc) is 2.51. The van der Waals surface area contributed by atoms with Crippen LogP contribution in [0.4, 0.5) is 0 Å². The van der Waals surface area contributed by atoms with Gasteiger partial charge in [0.25, 0.3) is 5.91 Å². The molecule has 0 radical (unpaired) electrons. The summed E-state index contributed by atoms with van der Waals surface area (Å²) in [5, 5.41) is 9.44. The van der Waals surface area contributed by atoms with Gasteiger partial charge in [-0.15, -0.1) is 0 Å². The predicted octanol–water partition coefficient (Wildman–Crippen LogP) is 3.62. The molecule has 0 aliphatic carbocycles. The van der Waals surface area contributed by atoms with Crippen LogP contribution in [0.25, 0.3) is 6.08 Å². The normalized spacial score (nSPS) is 10.9. The number of nitrogens with two attached hydrogens (primary N) is 1. The van der Waals surface area contributed by atoms with Crippen molar-refractivity contribution in [3.05, 3.63) is 69.8 Å². The summed E-state index contributed by atoms with van der Waals surface area (Å²) in [5.74, 6) is -0.276. The van der Waals surface area contributed by atoms with E-state index in [1.54, 1.807) is 24.3 Å². The first-order valence-corrected chi connectivity index (χ1v) is 7.27. The standard InChI is InChI=1S/C18H15ClN2O2/c1-12-3-2-4-13(7-12)11-23-17-6-5-16(19)9-14(17)8-15(10-20)18(21)22/h2-9H,11H2,1H3,(H2,21,22)/b15-8+. The Morgan fingerprint density at radius 1 is 1.35 bits per heavy atom. The van der Waals surface area contributed by atoms with E-state index in [9.17, 15) is 4.79 Å². The van der Waals surface area contributed by atoms with Crippen LogP contribution < -0.4 is 10.5 Å². The minimum absolute atomic E-state index is 0.160. The number of nitrogens with zero attached hydrogens (tertiary/aromatic N) is 1. The van der Waals surface area contributed by atoms with E-state index in [1.807, 2.05) is 31.2 Å². The molecule has 23 heavy (non-hydrogen) atoms. The van der Waals surface area contributed by atoms with Crippen molar-refractivity contribution in [3.8, 4) is 11.8 Å². The molecule has 4 nitrogen and oxygen atoms in total. The lowest BCUT2D eigenvalue weighted by Gasteiger charge is -2.10. The van der Waals surface area contributed by atoms with Gasteiger partial charge in [-0.3, -0.25) is 4.79 Å². The van der Waals surface area contributed by atoms with E-state index in [4.69, 9.17) is 27.3 Å². The number of amides is 1. The number of hydrogen-bond donors (Lipinski definition) is 1. The second-order valence-electron chi connectivity index (χ2n) is 4.99. The van der Waals surface area contributed by atoms with Crippen LogP contribution in [0.15, 0.2) is 48.0 Å². The van der Waals surface area contributed by atoms with Crippen molar-refractivity contribution in [2.24, 2.45) is 5.73 Å². The Morgan fingerprint density at radius 3 is 2.78 bits per heavy atom. The smallest absolute Gasteiger partial charge is 0.259 e. The molecule has 2 aromatic carbocycles. The fraction of sp³-hybridized carbons (Fsp3) is 0.111. The maximum absolute atomic E-state index is 11.2. The summed E-state index contributed by atoms with van der Waals surface area (Å²) in [6, 6.07) is 14.7. The zero-order chi connectivity index (χ0) is 16.8. The van der Waals surface area contributed by atoms with Crippen molar-refractivity contribution in [3.63, 3.8) is 0 Å². The van der Waals surface area contributed by atoms with Gasteiger partial charge in [0.15, 0.2) is 0 Å². The molecule has 0 bridgehead atoms. The molecule has 0 aliphatic rings. The molecule has 116 valence electrons. The van der Waals surface area contributed by atoms with Crippen molar-refractivity contribution in [1.82, 2.24) is 0 Å². The molecule has 2 aromatic rings. The molecule has 0 fully saturated rings. The van der Waals surface area contributed by atoms with E-state index in [2.05, 4.69) is 0 Å². The summed E-state index contributed by atoms with van der Waals surface area (Å²) in [5.41, 5.74) is 7.69. The fourth-order valence-electron chi connectivity index (χ4n) is 2.04. The molecule has 1 amide bonds. The number of carbonyl (C=O) groups excluding carboxylic acids is 1. The predicted molar refractivity (Wildman–Crippen MR) is 89.7 cm³/mol. The van der Waals surface area contributed by atoms with Crippen LogP contribution in [0.2, 0.25) is 5.02 Å². The van der Waals surface area contributed by atoms with Crippen molar-refractivity contribution in [2.75, 3.05) is 0 Å². The summed E-state index contributed by atoms with van der Waals surface area (Å²) in [4.78, 5) is 11.2. The highest BCUT2D eigenvalue weighted by atomic mass is 35.5. The number of halogens is 1. The van der Waals surface area contributed by atoms with Crippen LogP contribution >= 0.6 is 11.6 Å². The third kappa shape index (κ3) is 4.60. The van der Waals surface area contributed by atoms with Gasteiger partial charge in [-0.1, -0.05) is 41.4 Å². The number of aryl methyl sites for hydroxylation is 1.